The Morgan fingerprint density at radius 2 is 0.974 bits per heavy atom. The Morgan fingerprint density at radius 1 is 0.553 bits per heavy atom. The predicted molar refractivity (Wildman–Crippen MR) is 171 cm³/mol. The van der Waals surface area contributed by atoms with E-state index in [1.165, 1.54) is 38.5 Å². The molecule has 0 bridgehead atoms. The second kappa shape index (κ2) is 26.0. The highest BCUT2D eigenvalue weighted by molar-refractivity contribution is 7.89. The lowest BCUT2D eigenvalue weighted by Crippen LogP contribution is -2.39. The molecule has 2 unspecified atom stereocenters. The van der Waals surface area contributed by atoms with Gasteiger partial charge in [-0.2, -0.15) is 0 Å². The van der Waals surface area contributed by atoms with E-state index in [2.05, 4.69) is 49.0 Å². The van der Waals surface area contributed by atoms with Gasteiger partial charge in [-0.3, -0.25) is 9.59 Å². The lowest BCUT2D eigenvalue weighted by molar-refractivity contribution is -0.122. The second-order valence-electron chi connectivity index (χ2n) is 10.9. The van der Waals surface area contributed by atoms with Gasteiger partial charge >= 0.3 is 0 Å². The first kappa shape index (κ1) is 36.7. The molecule has 0 aromatic heterocycles. The van der Waals surface area contributed by atoms with Gasteiger partial charge in [0.15, 0.2) is 0 Å². The van der Waals surface area contributed by atoms with Gasteiger partial charge in [-0.15, -0.1) is 0 Å². The third-order valence-corrected chi connectivity index (χ3v) is 7.66. The molecular weight excluding hydrogens is 512 g/mol. The molecule has 0 spiro atoms. The van der Waals surface area contributed by atoms with Gasteiger partial charge in [0.05, 0.1) is 0 Å². The maximum Gasteiger partial charge on any atom is 0.220 e. The van der Waals surface area contributed by atoms with Crippen LogP contribution in [0.1, 0.15) is 130 Å². The molecule has 2 amide bonds. The van der Waals surface area contributed by atoms with Crippen molar-refractivity contribution in [2.45, 2.75) is 130 Å². The van der Waals surface area contributed by atoms with E-state index in [1.54, 1.807) is 0 Å². The predicted octanol–water partition coefficient (Wildman–Crippen LogP) is 6.61. The summed E-state index contributed by atoms with van der Waals surface area (Å²) in [6, 6.07) is 0. The summed E-state index contributed by atoms with van der Waals surface area (Å²) in [6.45, 7) is 11.8. The zero-order chi connectivity index (χ0) is 28.4. The highest BCUT2D eigenvalue weighted by Gasteiger charge is 2.09. The number of carbonyl (C=O) groups excluding carboxylic acids is 2. The summed E-state index contributed by atoms with van der Waals surface area (Å²) in [5.41, 5.74) is 0. The van der Waals surface area contributed by atoms with Gasteiger partial charge in [-0.25, -0.2) is 0 Å². The molecule has 222 valence electrons. The van der Waals surface area contributed by atoms with Crippen LogP contribution in [-0.4, -0.2) is 48.0 Å². The number of thiocarbonyl (C=S) groups is 2. The molecule has 8 heteroatoms. The number of hydrogen-bond acceptors (Lipinski definition) is 4. The molecule has 0 saturated carbocycles. The average Bonchev–Trinajstić information content (AvgIpc) is 2.90. The monoisotopic (exact) mass is 570 g/mol. The van der Waals surface area contributed by atoms with Gasteiger partial charge in [0.25, 0.3) is 0 Å². The number of rotatable bonds is 24. The zero-order valence-corrected chi connectivity index (χ0v) is 26.6. The van der Waals surface area contributed by atoms with Crippen LogP contribution in [0, 0.1) is 11.8 Å². The molecule has 0 aromatic carbocycles. The van der Waals surface area contributed by atoms with Crippen molar-refractivity contribution >= 4 is 46.2 Å². The molecule has 0 aliphatic rings. The van der Waals surface area contributed by atoms with Crippen molar-refractivity contribution in [3.63, 3.8) is 0 Å². The van der Waals surface area contributed by atoms with Crippen LogP contribution in [0.2, 0.25) is 0 Å². The molecule has 0 fully saturated rings. The van der Waals surface area contributed by atoms with Crippen LogP contribution >= 0.6 is 24.4 Å². The molecular formula is C30H58N4O2S2. The first-order valence-corrected chi connectivity index (χ1v) is 16.2. The molecule has 0 radical (unpaired) electrons. The van der Waals surface area contributed by atoms with Crippen LogP contribution in [0.5, 0.6) is 0 Å². The Balaban J connectivity index is 3.74. The highest BCUT2D eigenvalue weighted by atomic mass is 32.1. The van der Waals surface area contributed by atoms with Crippen molar-refractivity contribution < 1.29 is 9.59 Å². The van der Waals surface area contributed by atoms with Crippen LogP contribution < -0.4 is 21.3 Å². The largest absolute Gasteiger partial charge is 0.374 e. The summed E-state index contributed by atoms with van der Waals surface area (Å²) < 4.78 is 0. The summed E-state index contributed by atoms with van der Waals surface area (Å²) in [7, 11) is 0. The van der Waals surface area contributed by atoms with E-state index in [-0.39, 0.29) is 11.8 Å². The smallest absolute Gasteiger partial charge is 0.220 e. The quantitative estimate of drug-likeness (QED) is 0.0773. The number of hydrogen-bond donors (Lipinski definition) is 4. The Morgan fingerprint density at radius 3 is 1.50 bits per heavy atom. The maximum absolute atomic E-state index is 12.0. The molecule has 0 heterocycles. The zero-order valence-electron chi connectivity index (χ0n) is 24.9. The number of unbranched alkanes of at least 4 members (excludes halogenated alkanes) is 8. The average molecular weight is 571 g/mol. The third-order valence-electron chi connectivity index (χ3n) is 6.83. The molecule has 6 nitrogen and oxygen atoms in total. The van der Waals surface area contributed by atoms with Crippen molar-refractivity contribution in [1.29, 1.82) is 0 Å². The second-order valence-corrected chi connectivity index (χ2v) is 11.8. The maximum atomic E-state index is 12.0. The standard InChI is InChI=1S/C30H58N4O2S2/c1-5-7-9-11-13-19-27(35)31-21-15-17-26(4)24-34-30(38)29(37)32-22-16-18-25(3)23-33-28(36)20-14-12-10-8-6-2/h25-26H,5-24H2,1-4H3,(H,31,35)(H,32,37)(H,33,36)(H,34,38). The Hall–Kier alpha value is -1.28. The minimum absolute atomic E-state index is 0.177. The molecule has 0 aliphatic heterocycles. The SMILES string of the molecule is CCCCCCCC(=O)NCCCC(C)CNC(=S)C(=S)NCCCC(C)CNC(=O)CCCCCCC. The van der Waals surface area contributed by atoms with Gasteiger partial charge in [-0.05, 0) is 50.4 Å². The van der Waals surface area contributed by atoms with Crippen molar-refractivity contribution in [2.24, 2.45) is 11.8 Å². The molecule has 4 N–H and O–H groups in total. The van der Waals surface area contributed by atoms with Crippen molar-refractivity contribution in [3.8, 4) is 0 Å². The summed E-state index contributed by atoms with van der Waals surface area (Å²) in [5, 5.41) is 12.6. The fourth-order valence-electron chi connectivity index (χ4n) is 4.21. The number of amides is 2. The van der Waals surface area contributed by atoms with Crippen LogP contribution in [-0.2, 0) is 9.59 Å². The van der Waals surface area contributed by atoms with Gasteiger partial charge in [-0.1, -0.05) is 103 Å². The summed E-state index contributed by atoms with van der Waals surface area (Å²) in [5.74, 6) is 1.25. The summed E-state index contributed by atoms with van der Waals surface area (Å²) >= 11 is 10.9. The normalized spacial score (nSPS) is 12.4. The van der Waals surface area contributed by atoms with Crippen LogP contribution in [0.15, 0.2) is 0 Å². The van der Waals surface area contributed by atoms with Crippen molar-refractivity contribution in [3.05, 3.63) is 0 Å². The van der Waals surface area contributed by atoms with E-state index in [0.717, 1.165) is 77.5 Å². The van der Waals surface area contributed by atoms with Crippen molar-refractivity contribution in [1.82, 2.24) is 21.3 Å². The first-order valence-electron chi connectivity index (χ1n) is 15.4. The van der Waals surface area contributed by atoms with E-state index < -0.39 is 0 Å². The molecule has 0 aliphatic carbocycles. The van der Waals surface area contributed by atoms with Gasteiger partial charge < -0.3 is 21.3 Å². The van der Waals surface area contributed by atoms with Gasteiger partial charge in [0, 0.05) is 39.0 Å². The van der Waals surface area contributed by atoms with E-state index in [0.29, 0.717) is 34.7 Å². The fraction of sp³-hybridized carbons (Fsp3) is 0.867. The van der Waals surface area contributed by atoms with E-state index in [1.807, 2.05) is 0 Å². The van der Waals surface area contributed by atoms with E-state index in [9.17, 15) is 9.59 Å². The lowest BCUT2D eigenvalue weighted by Gasteiger charge is -2.16. The molecule has 0 saturated heterocycles. The van der Waals surface area contributed by atoms with E-state index in [4.69, 9.17) is 24.4 Å². The molecule has 2 atom stereocenters. The number of carbonyl (C=O) groups is 2. The molecule has 38 heavy (non-hydrogen) atoms. The minimum Gasteiger partial charge on any atom is -0.374 e. The lowest BCUT2D eigenvalue weighted by atomic mass is 10.1. The Bertz CT molecular complexity index is 646. The van der Waals surface area contributed by atoms with Crippen LogP contribution in [0.3, 0.4) is 0 Å². The summed E-state index contributed by atoms with van der Waals surface area (Å²) in [4.78, 5) is 25.1. The van der Waals surface area contributed by atoms with Crippen molar-refractivity contribution in [2.75, 3.05) is 26.2 Å². The number of nitrogens with one attached hydrogen (secondary N) is 4. The van der Waals surface area contributed by atoms with E-state index >= 15 is 0 Å². The van der Waals surface area contributed by atoms with Gasteiger partial charge in [0.2, 0.25) is 11.8 Å². The van der Waals surface area contributed by atoms with Gasteiger partial charge in [0.1, 0.15) is 9.98 Å². The third kappa shape index (κ3) is 23.8. The van der Waals surface area contributed by atoms with Crippen LogP contribution in [0.4, 0.5) is 0 Å². The highest BCUT2D eigenvalue weighted by Crippen LogP contribution is 2.08. The topological polar surface area (TPSA) is 82.3 Å². The molecule has 0 rings (SSSR count). The minimum atomic E-state index is 0.177. The molecule has 0 aromatic rings. The Kier molecular flexibility index (Phi) is 25.1. The van der Waals surface area contributed by atoms with Crippen LogP contribution in [0.25, 0.3) is 0 Å². The fourth-order valence-corrected chi connectivity index (χ4v) is 4.54. The summed E-state index contributed by atoms with van der Waals surface area (Å²) in [6.07, 6.45) is 17.0. The Labute approximate surface area is 245 Å². The first-order chi connectivity index (χ1) is 18.3.